The third-order valence-electron chi connectivity index (χ3n) is 5.91. The van der Waals surface area contributed by atoms with E-state index in [1.807, 2.05) is 58.2 Å². The molecule has 176 valence electrons. The molecule has 1 aliphatic rings. The van der Waals surface area contributed by atoms with Crippen LogP contribution in [0.25, 0.3) is 22.1 Å². The molecule has 5 rings (SSSR count). The summed E-state index contributed by atoms with van der Waals surface area (Å²) in [4.78, 5) is 22.6. The number of piperazine rings is 1. The number of H-pyrrole nitrogens is 1. The minimum atomic E-state index is 0.124. The molecule has 0 bridgehead atoms. The first kappa shape index (κ1) is 22.6. The quantitative estimate of drug-likeness (QED) is 0.390. The number of benzene rings is 1. The Bertz CT molecular complexity index is 1300. The fraction of sp³-hybridized carbons (Fsp3) is 0.348. The lowest BCUT2D eigenvalue weighted by molar-refractivity contribution is -0.133. The maximum Gasteiger partial charge on any atom is 0.241 e. The molecule has 0 radical (unpaired) electrons. The number of carbonyl (C=O) groups excluding carboxylic acids is 1. The average Bonchev–Trinajstić information content (AvgIpc) is 3.60. The second kappa shape index (κ2) is 10.00. The first-order valence-corrected chi connectivity index (χ1v) is 12.4. The van der Waals surface area contributed by atoms with Crippen LogP contribution in [0.5, 0.6) is 0 Å². The highest BCUT2D eigenvalue weighted by atomic mass is 32.1. The van der Waals surface area contributed by atoms with Gasteiger partial charge in [0.2, 0.25) is 17.6 Å². The van der Waals surface area contributed by atoms with Gasteiger partial charge in [0.25, 0.3) is 0 Å². The zero-order chi connectivity index (χ0) is 23.5. The molecule has 0 spiro atoms. The molecule has 0 unspecified atom stereocenters. The molecule has 1 N–H and O–H groups in total. The normalized spacial score (nSPS) is 14.6. The number of amides is 1. The maximum absolute atomic E-state index is 12.8. The Balaban J connectivity index is 1.12. The number of nitrogens with one attached hydrogen (secondary N) is 1. The van der Waals surface area contributed by atoms with Crippen molar-refractivity contribution in [2.24, 2.45) is 0 Å². The highest BCUT2D eigenvalue weighted by Crippen LogP contribution is 2.23. The Morgan fingerprint density at radius 2 is 1.97 bits per heavy atom. The predicted octanol–water partition coefficient (Wildman–Crippen LogP) is 3.76. The third-order valence-corrected chi connectivity index (χ3v) is 7.09. The van der Waals surface area contributed by atoms with Crippen LogP contribution >= 0.6 is 23.6 Å². The molecule has 3 aromatic heterocycles. The van der Waals surface area contributed by atoms with Gasteiger partial charge in [-0.2, -0.15) is 10.1 Å². The average molecular weight is 496 g/mol. The largest absolute Gasteiger partial charge is 0.340 e. The summed E-state index contributed by atoms with van der Waals surface area (Å²) in [5, 5.41) is 13.3. The molecule has 0 atom stereocenters. The minimum absolute atomic E-state index is 0.124. The highest BCUT2D eigenvalue weighted by molar-refractivity contribution is 7.71. The van der Waals surface area contributed by atoms with Crippen molar-refractivity contribution in [3.63, 3.8) is 0 Å². The van der Waals surface area contributed by atoms with Gasteiger partial charge in [0.05, 0.1) is 11.4 Å². The molecule has 1 saturated heterocycles. The van der Waals surface area contributed by atoms with E-state index in [4.69, 9.17) is 16.7 Å². The molecule has 1 aromatic carbocycles. The molecular weight excluding hydrogens is 470 g/mol. The van der Waals surface area contributed by atoms with E-state index in [-0.39, 0.29) is 5.91 Å². The number of hydrogen-bond acceptors (Lipinski definition) is 8. The summed E-state index contributed by atoms with van der Waals surface area (Å²) in [6.45, 7) is 6.00. The molecule has 1 aliphatic heterocycles. The Kier molecular flexibility index (Phi) is 6.66. The van der Waals surface area contributed by atoms with Crippen molar-refractivity contribution in [3.05, 3.63) is 58.0 Å². The number of aryl methyl sites for hydroxylation is 1. The van der Waals surface area contributed by atoms with Crippen LogP contribution in [0, 0.1) is 11.7 Å². The van der Waals surface area contributed by atoms with Gasteiger partial charge in [-0.3, -0.25) is 19.4 Å². The molecule has 0 aliphatic carbocycles. The van der Waals surface area contributed by atoms with E-state index in [0.717, 1.165) is 29.4 Å². The molecular formula is C23H25N7O2S2. The van der Waals surface area contributed by atoms with Crippen LogP contribution in [0.4, 0.5) is 0 Å². The summed E-state index contributed by atoms with van der Waals surface area (Å²) in [7, 11) is 0. The summed E-state index contributed by atoms with van der Waals surface area (Å²) in [6.07, 6.45) is 0.385. The van der Waals surface area contributed by atoms with E-state index in [1.54, 1.807) is 11.3 Å². The molecule has 34 heavy (non-hydrogen) atoms. The van der Waals surface area contributed by atoms with Gasteiger partial charge in [0.15, 0.2) is 10.6 Å². The standard InChI is InChI=1S/C23H25N7O2S2/c1-16-4-6-17(7-5-16)21-24-19(32-27-21)15-28-10-12-29(13-11-28)20(31)8-9-30-22(25-26-23(30)33)18-3-2-14-34-18/h2-7,14H,8-13,15H2,1H3,(H,26,33). The van der Waals surface area contributed by atoms with Crippen LogP contribution in [0.2, 0.25) is 0 Å². The number of nitrogens with zero attached hydrogens (tertiary/aromatic N) is 6. The lowest BCUT2D eigenvalue weighted by Crippen LogP contribution is -2.48. The van der Waals surface area contributed by atoms with E-state index < -0.39 is 0 Å². The SMILES string of the molecule is Cc1ccc(-c2noc(CN3CCN(C(=O)CCn4c(-c5cccs5)n[nH]c4=S)CC3)n2)cc1. The number of aromatic amines is 1. The maximum atomic E-state index is 12.8. The topological polar surface area (TPSA) is 96.1 Å². The molecule has 4 heterocycles. The van der Waals surface area contributed by atoms with Gasteiger partial charge in [-0.1, -0.05) is 41.1 Å². The fourth-order valence-corrected chi connectivity index (χ4v) is 4.92. The molecule has 9 nitrogen and oxygen atoms in total. The monoisotopic (exact) mass is 495 g/mol. The van der Waals surface area contributed by atoms with Gasteiger partial charge >= 0.3 is 0 Å². The van der Waals surface area contributed by atoms with Gasteiger partial charge in [-0.15, -0.1) is 11.3 Å². The van der Waals surface area contributed by atoms with E-state index in [2.05, 4.69) is 25.2 Å². The fourth-order valence-electron chi connectivity index (χ4n) is 3.97. The van der Waals surface area contributed by atoms with E-state index in [0.29, 0.717) is 49.1 Å². The van der Waals surface area contributed by atoms with Gasteiger partial charge in [0, 0.05) is 44.7 Å². The smallest absolute Gasteiger partial charge is 0.241 e. The summed E-state index contributed by atoms with van der Waals surface area (Å²) >= 11 is 6.97. The number of hydrogen-bond donors (Lipinski definition) is 1. The summed E-state index contributed by atoms with van der Waals surface area (Å²) in [6, 6.07) is 12.0. The third kappa shape index (κ3) is 5.01. The Morgan fingerprint density at radius 1 is 1.18 bits per heavy atom. The van der Waals surface area contributed by atoms with Gasteiger partial charge in [-0.25, -0.2) is 0 Å². The van der Waals surface area contributed by atoms with Gasteiger partial charge in [-0.05, 0) is 30.6 Å². The number of thiophene rings is 1. The number of carbonyl (C=O) groups is 1. The van der Waals surface area contributed by atoms with Crippen LogP contribution in [-0.4, -0.2) is 66.8 Å². The molecule has 1 amide bonds. The first-order valence-electron chi connectivity index (χ1n) is 11.2. The van der Waals surface area contributed by atoms with E-state index in [9.17, 15) is 4.79 Å². The Morgan fingerprint density at radius 3 is 2.71 bits per heavy atom. The first-order chi connectivity index (χ1) is 16.6. The minimum Gasteiger partial charge on any atom is -0.340 e. The Labute approximate surface area is 206 Å². The summed E-state index contributed by atoms with van der Waals surface area (Å²) in [5.74, 6) is 2.09. The van der Waals surface area contributed by atoms with Crippen LogP contribution < -0.4 is 0 Å². The van der Waals surface area contributed by atoms with Crippen molar-refractivity contribution in [2.45, 2.75) is 26.4 Å². The van der Waals surface area contributed by atoms with Crippen molar-refractivity contribution < 1.29 is 9.32 Å². The second-order valence-electron chi connectivity index (χ2n) is 8.27. The van der Waals surface area contributed by atoms with Crippen molar-refractivity contribution in [1.29, 1.82) is 0 Å². The zero-order valence-corrected chi connectivity index (χ0v) is 20.4. The van der Waals surface area contributed by atoms with Crippen LogP contribution in [0.3, 0.4) is 0 Å². The molecule has 0 saturated carbocycles. The lowest BCUT2D eigenvalue weighted by atomic mass is 10.1. The zero-order valence-electron chi connectivity index (χ0n) is 18.8. The van der Waals surface area contributed by atoms with Crippen LogP contribution in [-0.2, 0) is 17.9 Å². The van der Waals surface area contributed by atoms with E-state index in [1.165, 1.54) is 5.56 Å². The Hall–Kier alpha value is -3.15. The molecule has 11 heteroatoms. The van der Waals surface area contributed by atoms with Gasteiger partial charge in [0.1, 0.15) is 0 Å². The van der Waals surface area contributed by atoms with Crippen molar-refractivity contribution >= 4 is 29.5 Å². The van der Waals surface area contributed by atoms with E-state index >= 15 is 0 Å². The number of rotatable bonds is 7. The predicted molar refractivity (Wildman–Crippen MR) is 132 cm³/mol. The summed E-state index contributed by atoms with van der Waals surface area (Å²) in [5.41, 5.74) is 2.13. The lowest BCUT2D eigenvalue weighted by Gasteiger charge is -2.34. The van der Waals surface area contributed by atoms with Crippen LogP contribution in [0.15, 0.2) is 46.3 Å². The second-order valence-corrected chi connectivity index (χ2v) is 9.60. The van der Waals surface area contributed by atoms with Crippen LogP contribution in [0.1, 0.15) is 17.9 Å². The van der Waals surface area contributed by atoms with Crippen molar-refractivity contribution in [2.75, 3.05) is 26.2 Å². The molecule has 1 fully saturated rings. The van der Waals surface area contributed by atoms with Crippen molar-refractivity contribution in [3.8, 4) is 22.1 Å². The number of aromatic nitrogens is 5. The highest BCUT2D eigenvalue weighted by Gasteiger charge is 2.23. The van der Waals surface area contributed by atoms with Crippen molar-refractivity contribution in [1.82, 2.24) is 34.7 Å². The summed E-state index contributed by atoms with van der Waals surface area (Å²) < 4.78 is 7.89. The van der Waals surface area contributed by atoms with Gasteiger partial charge < -0.3 is 9.42 Å². The molecule has 4 aromatic rings.